The maximum Gasteiger partial charge on any atom is 0.243 e. The van der Waals surface area contributed by atoms with Gasteiger partial charge in [0, 0.05) is 23.1 Å². The van der Waals surface area contributed by atoms with Crippen molar-refractivity contribution in [3.8, 4) is 11.5 Å². The SMILES string of the molecule is CCCCn1nnnc1NCc1c(Br)ccc(OC)c1OCC. The molecule has 2 aromatic rings. The van der Waals surface area contributed by atoms with Gasteiger partial charge >= 0.3 is 0 Å². The quantitative estimate of drug-likeness (QED) is 0.716. The molecular weight excluding hydrogens is 362 g/mol. The van der Waals surface area contributed by atoms with E-state index in [0.29, 0.717) is 24.8 Å². The Balaban J connectivity index is 2.18. The molecule has 1 aromatic carbocycles. The Kier molecular flexibility index (Phi) is 6.64. The van der Waals surface area contributed by atoms with Crippen molar-refractivity contribution >= 4 is 21.9 Å². The average Bonchev–Trinajstić information content (AvgIpc) is 3.00. The highest BCUT2D eigenvalue weighted by Crippen LogP contribution is 2.36. The molecule has 1 aromatic heterocycles. The number of halogens is 1. The van der Waals surface area contributed by atoms with Crippen LogP contribution in [0.1, 0.15) is 32.3 Å². The van der Waals surface area contributed by atoms with Gasteiger partial charge in [-0.05, 0) is 35.9 Å². The highest BCUT2D eigenvalue weighted by Gasteiger charge is 2.15. The number of methoxy groups -OCH3 is 1. The number of unbranched alkanes of at least 4 members (excludes halogenated alkanes) is 1. The average molecular weight is 384 g/mol. The summed E-state index contributed by atoms with van der Waals surface area (Å²) in [6.45, 7) is 5.97. The van der Waals surface area contributed by atoms with E-state index in [1.54, 1.807) is 11.8 Å². The minimum Gasteiger partial charge on any atom is -0.493 e. The molecule has 0 fully saturated rings. The number of tetrazole rings is 1. The van der Waals surface area contributed by atoms with Crippen molar-refractivity contribution in [1.82, 2.24) is 20.2 Å². The number of nitrogens with one attached hydrogen (secondary N) is 1. The summed E-state index contributed by atoms with van der Waals surface area (Å²) in [6.07, 6.45) is 2.13. The van der Waals surface area contributed by atoms with E-state index in [1.807, 2.05) is 19.1 Å². The van der Waals surface area contributed by atoms with Crippen LogP contribution in [-0.4, -0.2) is 33.9 Å². The lowest BCUT2D eigenvalue weighted by Gasteiger charge is -2.16. The van der Waals surface area contributed by atoms with Crippen LogP contribution in [0.4, 0.5) is 5.95 Å². The lowest BCUT2D eigenvalue weighted by atomic mass is 10.2. The number of hydrogen-bond acceptors (Lipinski definition) is 6. The Labute approximate surface area is 144 Å². The monoisotopic (exact) mass is 383 g/mol. The van der Waals surface area contributed by atoms with Gasteiger partial charge in [-0.1, -0.05) is 34.4 Å². The molecule has 7 nitrogen and oxygen atoms in total. The van der Waals surface area contributed by atoms with Crippen LogP contribution in [0.2, 0.25) is 0 Å². The molecule has 0 aliphatic heterocycles. The summed E-state index contributed by atoms with van der Waals surface area (Å²) in [5.74, 6) is 2.08. The molecule has 0 saturated carbocycles. The van der Waals surface area contributed by atoms with E-state index in [1.165, 1.54) is 0 Å². The van der Waals surface area contributed by atoms with Gasteiger partial charge in [-0.25, -0.2) is 4.68 Å². The fraction of sp³-hybridized carbons (Fsp3) is 0.533. The minimum atomic E-state index is 0.527. The number of benzene rings is 1. The fourth-order valence-electron chi connectivity index (χ4n) is 2.17. The van der Waals surface area contributed by atoms with Gasteiger partial charge in [0.05, 0.1) is 13.7 Å². The molecule has 126 valence electrons. The summed E-state index contributed by atoms with van der Waals surface area (Å²) in [5, 5.41) is 15.0. The fourth-order valence-corrected chi connectivity index (χ4v) is 2.62. The molecule has 1 N–H and O–H groups in total. The highest BCUT2D eigenvalue weighted by molar-refractivity contribution is 9.10. The number of aromatic nitrogens is 4. The molecule has 8 heteroatoms. The standard InChI is InChI=1S/C15H22BrN5O2/c1-4-6-9-21-15(18-19-20-21)17-10-11-12(16)7-8-13(22-3)14(11)23-5-2/h7-8H,4-6,9-10H2,1-3H3,(H,17,18,20). The third kappa shape index (κ3) is 4.34. The lowest BCUT2D eigenvalue weighted by molar-refractivity contribution is 0.307. The summed E-state index contributed by atoms with van der Waals surface area (Å²) in [4.78, 5) is 0. The number of hydrogen-bond donors (Lipinski definition) is 1. The molecule has 0 saturated heterocycles. The van der Waals surface area contributed by atoms with Gasteiger partial charge in [0.1, 0.15) is 0 Å². The maximum absolute atomic E-state index is 5.75. The Morgan fingerprint density at radius 3 is 2.83 bits per heavy atom. The summed E-state index contributed by atoms with van der Waals surface area (Å²) in [7, 11) is 1.63. The normalized spacial score (nSPS) is 10.6. The van der Waals surface area contributed by atoms with E-state index in [0.717, 1.165) is 35.2 Å². The number of rotatable bonds is 9. The molecule has 0 aliphatic carbocycles. The van der Waals surface area contributed by atoms with Gasteiger partial charge in [-0.2, -0.15) is 0 Å². The molecular formula is C15H22BrN5O2. The second kappa shape index (κ2) is 8.71. The minimum absolute atomic E-state index is 0.527. The van der Waals surface area contributed by atoms with Crippen LogP contribution in [0.25, 0.3) is 0 Å². The molecule has 0 aliphatic rings. The van der Waals surface area contributed by atoms with Crippen LogP contribution in [0, 0.1) is 0 Å². The van der Waals surface area contributed by atoms with Crippen molar-refractivity contribution in [2.24, 2.45) is 0 Å². The van der Waals surface area contributed by atoms with Crippen molar-refractivity contribution in [2.75, 3.05) is 19.0 Å². The summed E-state index contributed by atoms with van der Waals surface area (Å²) >= 11 is 3.57. The largest absolute Gasteiger partial charge is 0.493 e. The van der Waals surface area contributed by atoms with Crippen molar-refractivity contribution in [1.29, 1.82) is 0 Å². The zero-order valence-electron chi connectivity index (χ0n) is 13.7. The van der Waals surface area contributed by atoms with Crippen molar-refractivity contribution in [3.05, 3.63) is 22.2 Å². The van der Waals surface area contributed by atoms with Gasteiger partial charge in [-0.15, -0.1) is 0 Å². The maximum atomic E-state index is 5.75. The van der Waals surface area contributed by atoms with E-state index in [2.05, 4.69) is 43.7 Å². The van der Waals surface area contributed by atoms with Crippen LogP contribution < -0.4 is 14.8 Å². The first-order valence-electron chi connectivity index (χ1n) is 7.69. The summed E-state index contributed by atoms with van der Waals surface area (Å²) in [5.41, 5.74) is 0.969. The Morgan fingerprint density at radius 2 is 2.13 bits per heavy atom. The molecule has 0 spiro atoms. The lowest BCUT2D eigenvalue weighted by Crippen LogP contribution is -2.11. The number of anilines is 1. The zero-order chi connectivity index (χ0) is 16.7. The van der Waals surface area contributed by atoms with Crippen LogP contribution in [0.3, 0.4) is 0 Å². The first-order valence-corrected chi connectivity index (χ1v) is 8.48. The Bertz CT molecular complexity index is 632. The molecule has 0 bridgehead atoms. The van der Waals surface area contributed by atoms with Crippen LogP contribution in [0.5, 0.6) is 11.5 Å². The molecule has 2 rings (SSSR count). The first kappa shape index (κ1) is 17.5. The van der Waals surface area contributed by atoms with E-state index >= 15 is 0 Å². The predicted octanol–water partition coefficient (Wildman–Crippen LogP) is 3.26. The molecule has 0 unspecified atom stereocenters. The van der Waals surface area contributed by atoms with Gasteiger partial charge in [0.2, 0.25) is 5.95 Å². The molecule has 0 amide bonds. The van der Waals surface area contributed by atoms with Gasteiger partial charge in [0.25, 0.3) is 0 Å². The molecule has 23 heavy (non-hydrogen) atoms. The smallest absolute Gasteiger partial charge is 0.243 e. The predicted molar refractivity (Wildman–Crippen MR) is 91.9 cm³/mol. The highest BCUT2D eigenvalue weighted by atomic mass is 79.9. The van der Waals surface area contributed by atoms with Gasteiger partial charge in [-0.3, -0.25) is 0 Å². The molecule has 0 radical (unpaired) electrons. The van der Waals surface area contributed by atoms with Crippen LogP contribution in [0.15, 0.2) is 16.6 Å². The van der Waals surface area contributed by atoms with E-state index in [-0.39, 0.29) is 0 Å². The van der Waals surface area contributed by atoms with Crippen molar-refractivity contribution < 1.29 is 9.47 Å². The van der Waals surface area contributed by atoms with E-state index in [9.17, 15) is 0 Å². The number of nitrogens with zero attached hydrogens (tertiary/aromatic N) is 4. The third-order valence-electron chi connectivity index (χ3n) is 3.35. The number of aryl methyl sites for hydroxylation is 1. The van der Waals surface area contributed by atoms with E-state index in [4.69, 9.17) is 9.47 Å². The topological polar surface area (TPSA) is 74.1 Å². The second-order valence-electron chi connectivity index (χ2n) is 4.92. The summed E-state index contributed by atoms with van der Waals surface area (Å²) < 4.78 is 13.9. The second-order valence-corrected chi connectivity index (χ2v) is 5.78. The zero-order valence-corrected chi connectivity index (χ0v) is 15.3. The number of ether oxygens (including phenoxy) is 2. The van der Waals surface area contributed by atoms with Gasteiger partial charge in [0.15, 0.2) is 11.5 Å². The van der Waals surface area contributed by atoms with Gasteiger partial charge < -0.3 is 14.8 Å². The van der Waals surface area contributed by atoms with Crippen molar-refractivity contribution in [3.63, 3.8) is 0 Å². The molecule has 0 atom stereocenters. The Morgan fingerprint density at radius 1 is 1.30 bits per heavy atom. The van der Waals surface area contributed by atoms with E-state index < -0.39 is 0 Å². The Hall–Kier alpha value is -1.83. The summed E-state index contributed by atoms with van der Waals surface area (Å²) in [6, 6.07) is 3.82. The van der Waals surface area contributed by atoms with Crippen LogP contribution in [-0.2, 0) is 13.1 Å². The molecule has 1 heterocycles. The third-order valence-corrected chi connectivity index (χ3v) is 4.10. The first-order chi connectivity index (χ1) is 11.2. The van der Waals surface area contributed by atoms with Crippen LogP contribution >= 0.6 is 15.9 Å². The van der Waals surface area contributed by atoms with Crippen molar-refractivity contribution in [2.45, 2.75) is 39.8 Å².